The van der Waals surface area contributed by atoms with Gasteiger partial charge in [-0.25, -0.2) is 0 Å². The summed E-state index contributed by atoms with van der Waals surface area (Å²) < 4.78 is 0. The zero-order valence-electron chi connectivity index (χ0n) is 11.2. The molecule has 0 fully saturated rings. The molecule has 0 heterocycles. The van der Waals surface area contributed by atoms with Crippen LogP contribution in [0.1, 0.15) is 26.7 Å². The zero-order chi connectivity index (χ0) is 15.9. The van der Waals surface area contributed by atoms with E-state index in [2.05, 4.69) is 25.3 Å². The number of aliphatic carboxylic acids is 2. The monoisotopic (exact) mass is 316 g/mol. The van der Waals surface area contributed by atoms with Gasteiger partial charge in [-0.05, 0) is 12.8 Å². The van der Waals surface area contributed by atoms with E-state index in [0.717, 1.165) is 12.8 Å². The molecule has 0 saturated heterocycles. The second-order valence-electron chi connectivity index (χ2n) is 3.63. The van der Waals surface area contributed by atoms with Crippen LogP contribution < -0.4 is 0 Å². The maximum absolute atomic E-state index is 9.29. The molecular weight excluding hydrogens is 292 g/mol. The second kappa shape index (κ2) is 15.6. The Morgan fingerprint density at radius 3 is 1.11 bits per heavy atom. The Bertz CT molecular complexity index is 200. The van der Waals surface area contributed by atoms with Crippen molar-refractivity contribution in [1.29, 1.82) is 0 Å². The summed E-state index contributed by atoms with van der Waals surface area (Å²) in [5, 5.41) is 32.9. The van der Waals surface area contributed by atoms with Crippen LogP contribution in [0, 0.1) is 5.41 Å². The average Bonchev–Trinajstić information content (AvgIpc) is 2.43. The van der Waals surface area contributed by atoms with Gasteiger partial charge in [0.05, 0.1) is 24.7 Å². The van der Waals surface area contributed by atoms with E-state index in [1.807, 2.05) is 13.8 Å². The summed E-state index contributed by atoms with van der Waals surface area (Å²) in [4.78, 5) is 18.6. The minimum atomic E-state index is -0.881. The molecule has 6 nitrogen and oxygen atoms in total. The van der Waals surface area contributed by atoms with Crippen molar-refractivity contribution in [2.24, 2.45) is 5.41 Å². The molecule has 0 aromatic rings. The zero-order valence-corrected chi connectivity index (χ0v) is 13.0. The maximum Gasteiger partial charge on any atom is 0.313 e. The van der Waals surface area contributed by atoms with Gasteiger partial charge in [0.15, 0.2) is 0 Å². The quantitative estimate of drug-likeness (QED) is 0.404. The molecule has 0 aliphatic carbocycles. The van der Waals surface area contributed by atoms with E-state index in [4.69, 9.17) is 20.4 Å². The Kier molecular flexibility index (Phi) is 19.4. The standard InChI is InChI=1S/C7H16O2.2C2H4O2S/c1-3-7(4-2,5-8)6-9;2*3-2(4)1-5/h8-9H,3-6H2,1-2H3;2*5H,1H2,(H,3,4). The molecule has 0 unspecified atom stereocenters. The van der Waals surface area contributed by atoms with Crippen LogP contribution in [-0.2, 0) is 9.59 Å². The fourth-order valence-corrected chi connectivity index (χ4v) is 0.747. The summed E-state index contributed by atoms with van der Waals surface area (Å²) in [6, 6.07) is 0. The molecular formula is C11H24O6S2. The third-order valence-corrected chi connectivity index (χ3v) is 2.98. The topological polar surface area (TPSA) is 115 Å². The number of hydrogen-bond donors (Lipinski definition) is 6. The molecule has 0 aromatic carbocycles. The van der Waals surface area contributed by atoms with E-state index in [-0.39, 0.29) is 30.1 Å². The Hall–Kier alpha value is -0.440. The highest BCUT2D eigenvalue weighted by Gasteiger charge is 2.23. The Morgan fingerprint density at radius 2 is 1.11 bits per heavy atom. The number of aliphatic hydroxyl groups is 2. The summed E-state index contributed by atoms with van der Waals surface area (Å²) in [7, 11) is 0. The first-order valence-electron chi connectivity index (χ1n) is 5.66. The van der Waals surface area contributed by atoms with E-state index < -0.39 is 11.9 Å². The van der Waals surface area contributed by atoms with Crippen molar-refractivity contribution in [3.63, 3.8) is 0 Å². The van der Waals surface area contributed by atoms with Gasteiger partial charge in [0.1, 0.15) is 0 Å². The molecule has 0 aliphatic heterocycles. The van der Waals surface area contributed by atoms with Gasteiger partial charge in [-0.1, -0.05) is 13.8 Å². The number of carboxylic acid groups (broad SMARTS) is 2. The van der Waals surface area contributed by atoms with E-state index in [1.165, 1.54) is 0 Å². The van der Waals surface area contributed by atoms with Gasteiger partial charge >= 0.3 is 11.9 Å². The van der Waals surface area contributed by atoms with Crippen LogP contribution in [-0.4, -0.2) is 57.1 Å². The predicted molar refractivity (Wildman–Crippen MR) is 80.2 cm³/mol. The Labute approximate surface area is 124 Å². The highest BCUT2D eigenvalue weighted by Crippen LogP contribution is 2.23. The van der Waals surface area contributed by atoms with Gasteiger partial charge in [0.2, 0.25) is 0 Å². The van der Waals surface area contributed by atoms with Crippen molar-refractivity contribution in [2.45, 2.75) is 26.7 Å². The molecule has 116 valence electrons. The van der Waals surface area contributed by atoms with E-state index in [1.54, 1.807) is 0 Å². The highest BCUT2D eigenvalue weighted by molar-refractivity contribution is 7.81. The fraction of sp³-hybridized carbons (Fsp3) is 0.818. The number of carbonyl (C=O) groups is 2. The summed E-state index contributed by atoms with van der Waals surface area (Å²) in [6.45, 7) is 4.15. The molecule has 0 bridgehead atoms. The van der Waals surface area contributed by atoms with Gasteiger partial charge in [-0.2, -0.15) is 25.3 Å². The minimum Gasteiger partial charge on any atom is -0.481 e. The van der Waals surface area contributed by atoms with Gasteiger partial charge in [-0.3, -0.25) is 9.59 Å². The lowest BCUT2D eigenvalue weighted by Crippen LogP contribution is -2.27. The third-order valence-electron chi connectivity index (χ3n) is 2.44. The normalized spacial score (nSPS) is 9.58. The molecule has 0 aliphatic rings. The first kappa shape index (κ1) is 23.6. The van der Waals surface area contributed by atoms with Gasteiger partial charge < -0.3 is 20.4 Å². The van der Waals surface area contributed by atoms with Gasteiger partial charge in [-0.15, -0.1) is 0 Å². The van der Waals surface area contributed by atoms with Crippen molar-refractivity contribution in [1.82, 2.24) is 0 Å². The van der Waals surface area contributed by atoms with E-state index >= 15 is 0 Å². The predicted octanol–water partition coefficient (Wildman–Crippen LogP) is 0.779. The van der Waals surface area contributed by atoms with Gasteiger partial charge in [0, 0.05) is 5.41 Å². The maximum atomic E-state index is 9.29. The molecule has 4 N–H and O–H groups in total. The number of aliphatic hydroxyl groups excluding tert-OH is 2. The first-order chi connectivity index (χ1) is 8.78. The first-order valence-corrected chi connectivity index (χ1v) is 6.92. The highest BCUT2D eigenvalue weighted by atomic mass is 32.1. The lowest BCUT2D eigenvalue weighted by atomic mass is 9.84. The average molecular weight is 316 g/mol. The minimum absolute atomic E-state index is 0.0833. The SMILES string of the molecule is CCC(CC)(CO)CO.O=C(O)CS.O=C(O)CS. The largest absolute Gasteiger partial charge is 0.481 e. The van der Waals surface area contributed by atoms with Crippen LogP contribution in [0.25, 0.3) is 0 Å². The molecule has 0 spiro atoms. The van der Waals surface area contributed by atoms with Crippen molar-refractivity contribution < 1.29 is 30.0 Å². The van der Waals surface area contributed by atoms with Crippen molar-refractivity contribution in [3.05, 3.63) is 0 Å². The van der Waals surface area contributed by atoms with E-state index in [0.29, 0.717) is 0 Å². The smallest absolute Gasteiger partial charge is 0.313 e. The Morgan fingerprint density at radius 1 is 0.895 bits per heavy atom. The molecule has 0 amide bonds. The van der Waals surface area contributed by atoms with Crippen LogP contribution in [0.2, 0.25) is 0 Å². The van der Waals surface area contributed by atoms with Crippen LogP contribution >= 0.6 is 25.3 Å². The van der Waals surface area contributed by atoms with Crippen LogP contribution in [0.4, 0.5) is 0 Å². The summed E-state index contributed by atoms with van der Waals surface area (Å²) in [5.74, 6) is -1.93. The number of rotatable bonds is 6. The van der Waals surface area contributed by atoms with Crippen molar-refractivity contribution in [2.75, 3.05) is 24.7 Å². The molecule has 0 saturated carbocycles. The van der Waals surface area contributed by atoms with Gasteiger partial charge in [0.25, 0.3) is 0 Å². The third kappa shape index (κ3) is 17.6. The summed E-state index contributed by atoms with van der Waals surface area (Å²) in [6.07, 6.45) is 1.69. The van der Waals surface area contributed by atoms with E-state index in [9.17, 15) is 9.59 Å². The van der Waals surface area contributed by atoms with Crippen molar-refractivity contribution >= 4 is 37.2 Å². The molecule has 0 atom stereocenters. The van der Waals surface area contributed by atoms with Crippen molar-refractivity contribution in [3.8, 4) is 0 Å². The lowest BCUT2D eigenvalue weighted by molar-refractivity contribution is -0.134. The molecule has 19 heavy (non-hydrogen) atoms. The molecule has 0 radical (unpaired) electrons. The molecule has 0 aromatic heterocycles. The summed E-state index contributed by atoms with van der Waals surface area (Å²) >= 11 is 6.83. The number of hydrogen-bond acceptors (Lipinski definition) is 6. The summed E-state index contributed by atoms with van der Waals surface area (Å²) in [5.41, 5.74) is -0.222. The van der Waals surface area contributed by atoms with Crippen LogP contribution in [0.5, 0.6) is 0 Å². The fourth-order valence-electron chi connectivity index (χ4n) is 0.747. The molecule has 8 heteroatoms. The van der Waals surface area contributed by atoms with Crippen LogP contribution in [0.15, 0.2) is 0 Å². The van der Waals surface area contributed by atoms with Crippen LogP contribution in [0.3, 0.4) is 0 Å². The second-order valence-corrected chi connectivity index (χ2v) is 4.26. The number of carboxylic acids is 2. The molecule has 0 rings (SSSR count). The lowest BCUT2D eigenvalue weighted by Gasteiger charge is -2.25. The Balaban J connectivity index is -0.000000219. The number of thiol groups is 2.